The Balaban J connectivity index is 1.16. The highest BCUT2D eigenvalue weighted by molar-refractivity contribution is 7.91. The van der Waals surface area contributed by atoms with Crippen molar-refractivity contribution in [2.24, 2.45) is 5.92 Å². The van der Waals surface area contributed by atoms with E-state index in [9.17, 15) is 4.55 Å². The van der Waals surface area contributed by atoms with Crippen LogP contribution in [0, 0.1) is 5.92 Å². The summed E-state index contributed by atoms with van der Waals surface area (Å²) in [7, 11) is 0. The molecule has 1 aromatic carbocycles. The fraction of sp³-hybridized carbons (Fsp3) is 0.583. The van der Waals surface area contributed by atoms with E-state index in [1.165, 1.54) is 5.56 Å². The molecule has 0 saturated carbocycles. The first-order chi connectivity index (χ1) is 15.7. The van der Waals surface area contributed by atoms with Gasteiger partial charge in [0, 0.05) is 45.2 Å². The molecular weight excluding hydrogens is 424 g/mol. The average Bonchev–Trinajstić information content (AvgIpc) is 3.44. The van der Waals surface area contributed by atoms with E-state index in [4.69, 9.17) is 19.4 Å². The van der Waals surface area contributed by atoms with E-state index in [0.29, 0.717) is 17.7 Å². The quantitative estimate of drug-likeness (QED) is 0.711. The van der Waals surface area contributed by atoms with Crippen LogP contribution in [0.25, 0.3) is 0 Å². The summed E-state index contributed by atoms with van der Waals surface area (Å²) in [4.78, 5) is 12.9. The smallest absolute Gasteiger partial charge is 0.227 e. The topological polar surface area (TPSA) is 82.6 Å². The highest BCUT2D eigenvalue weighted by Crippen LogP contribution is 2.37. The van der Waals surface area contributed by atoms with Crippen LogP contribution in [0.2, 0.25) is 0 Å². The van der Waals surface area contributed by atoms with E-state index in [-0.39, 0.29) is 6.10 Å². The van der Waals surface area contributed by atoms with Crippen LogP contribution in [0.4, 0.5) is 11.8 Å². The van der Waals surface area contributed by atoms with Gasteiger partial charge in [0.2, 0.25) is 10.8 Å². The molecule has 5 heterocycles. The molecule has 4 aliphatic rings. The van der Waals surface area contributed by atoms with E-state index in [0.717, 1.165) is 92.9 Å². The van der Waals surface area contributed by atoms with Gasteiger partial charge in [0.1, 0.15) is 23.3 Å². The number of rotatable bonds is 4. The number of benzene rings is 1. The van der Waals surface area contributed by atoms with Gasteiger partial charge >= 0.3 is 0 Å². The molecule has 7 nitrogen and oxygen atoms in total. The first-order valence-corrected chi connectivity index (χ1v) is 13.2. The molecule has 170 valence electrons. The molecule has 0 radical (unpaired) electrons. The number of para-hydroxylation sites is 1. The van der Waals surface area contributed by atoms with Crippen molar-refractivity contribution in [1.29, 1.82) is 0 Å². The van der Waals surface area contributed by atoms with E-state index < -0.39 is 11.2 Å². The number of piperidine rings is 1. The van der Waals surface area contributed by atoms with Crippen LogP contribution in [0.15, 0.2) is 29.2 Å². The largest absolute Gasteiger partial charge is 0.611 e. The Morgan fingerprint density at radius 3 is 2.69 bits per heavy atom. The molecule has 4 aliphatic heterocycles. The number of nitrogens with one attached hydrogen (secondary N) is 1. The highest BCUT2D eigenvalue weighted by Gasteiger charge is 2.36. The van der Waals surface area contributed by atoms with Gasteiger partial charge in [0.15, 0.2) is 5.82 Å². The Bertz CT molecular complexity index is 951. The molecule has 2 fully saturated rings. The molecule has 2 aromatic rings. The van der Waals surface area contributed by atoms with Crippen LogP contribution in [-0.4, -0.2) is 58.7 Å². The second-order valence-corrected chi connectivity index (χ2v) is 10.8. The Kier molecular flexibility index (Phi) is 5.61. The molecule has 0 spiro atoms. The number of aromatic nitrogens is 2. The Morgan fingerprint density at radius 1 is 1.06 bits per heavy atom. The van der Waals surface area contributed by atoms with Crippen molar-refractivity contribution in [3.8, 4) is 5.75 Å². The van der Waals surface area contributed by atoms with Crippen LogP contribution in [0.1, 0.15) is 36.9 Å². The lowest BCUT2D eigenvalue weighted by atomic mass is 9.89. The van der Waals surface area contributed by atoms with Crippen molar-refractivity contribution >= 4 is 22.9 Å². The third-order valence-electron chi connectivity index (χ3n) is 7.26. The number of hydrogen-bond acceptors (Lipinski definition) is 7. The zero-order chi connectivity index (χ0) is 21.5. The molecule has 2 saturated heterocycles. The van der Waals surface area contributed by atoms with Gasteiger partial charge < -0.3 is 24.2 Å². The molecule has 6 rings (SSSR count). The van der Waals surface area contributed by atoms with Gasteiger partial charge in [-0.05, 0) is 54.4 Å². The fourth-order valence-electron chi connectivity index (χ4n) is 5.40. The van der Waals surface area contributed by atoms with Gasteiger partial charge in [-0.1, -0.05) is 18.2 Å². The van der Waals surface area contributed by atoms with Crippen LogP contribution >= 0.6 is 0 Å². The third kappa shape index (κ3) is 3.93. The molecule has 0 bridgehead atoms. The van der Waals surface area contributed by atoms with E-state index >= 15 is 0 Å². The Morgan fingerprint density at radius 2 is 1.88 bits per heavy atom. The molecule has 0 amide bonds. The number of nitrogens with zero attached hydrogens (tertiary/aromatic N) is 3. The third-order valence-corrected chi connectivity index (χ3v) is 8.72. The second-order valence-electron chi connectivity index (χ2n) is 9.27. The monoisotopic (exact) mass is 454 g/mol. The van der Waals surface area contributed by atoms with Crippen LogP contribution in [0.3, 0.4) is 0 Å². The van der Waals surface area contributed by atoms with Crippen molar-refractivity contribution < 1.29 is 14.0 Å². The van der Waals surface area contributed by atoms with Gasteiger partial charge in [-0.15, -0.1) is 0 Å². The van der Waals surface area contributed by atoms with Crippen LogP contribution in [0.5, 0.6) is 5.75 Å². The minimum atomic E-state index is -1.01. The van der Waals surface area contributed by atoms with Gasteiger partial charge in [-0.25, -0.2) is 4.98 Å². The maximum absolute atomic E-state index is 12.6. The Labute approximate surface area is 192 Å². The van der Waals surface area contributed by atoms with Gasteiger partial charge in [-0.3, -0.25) is 0 Å². The lowest BCUT2D eigenvalue weighted by Crippen LogP contribution is -2.40. The van der Waals surface area contributed by atoms with Crippen LogP contribution < -0.4 is 15.0 Å². The number of anilines is 2. The van der Waals surface area contributed by atoms with Crippen LogP contribution in [-0.2, 0) is 28.8 Å². The van der Waals surface area contributed by atoms with Gasteiger partial charge in [0.05, 0.1) is 0 Å². The molecule has 0 aliphatic carbocycles. The van der Waals surface area contributed by atoms with Crippen molar-refractivity contribution in [2.75, 3.05) is 42.3 Å². The Hall–Kier alpha value is -2.03. The maximum atomic E-state index is 12.6. The zero-order valence-electron chi connectivity index (χ0n) is 18.3. The lowest BCUT2D eigenvalue weighted by molar-refractivity contribution is 0.0903. The number of ether oxygens (including phenoxy) is 2. The first-order valence-electron chi connectivity index (χ1n) is 11.9. The summed E-state index contributed by atoms with van der Waals surface area (Å²) in [6.07, 6.45) is 6.13. The fourth-order valence-corrected chi connectivity index (χ4v) is 6.72. The molecule has 1 aromatic heterocycles. The van der Waals surface area contributed by atoms with E-state index in [1.54, 1.807) is 0 Å². The number of hydrogen-bond donors (Lipinski definition) is 1. The summed E-state index contributed by atoms with van der Waals surface area (Å²) < 4.78 is 24.4. The highest BCUT2D eigenvalue weighted by atomic mass is 32.2. The normalized spacial score (nSPS) is 26.0. The van der Waals surface area contributed by atoms with Crippen molar-refractivity contribution in [2.45, 2.75) is 55.6 Å². The molecule has 32 heavy (non-hydrogen) atoms. The average molecular weight is 455 g/mol. The van der Waals surface area contributed by atoms with Gasteiger partial charge in [0.25, 0.3) is 0 Å². The number of fused-ring (bicyclic) bond motifs is 2. The number of aryl methyl sites for hydroxylation is 1. The minimum absolute atomic E-state index is 0.281. The SMILES string of the molecule is [O-][S+]1CCc2nc(N3CCC(C4Cc5ccccc5O4)CC3)nc(NC3CCOCC3)c21. The molecule has 2 atom stereocenters. The van der Waals surface area contributed by atoms with E-state index in [2.05, 4.69) is 28.4 Å². The van der Waals surface area contributed by atoms with Crippen molar-refractivity contribution in [3.05, 3.63) is 35.5 Å². The minimum Gasteiger partial charge on any atom is -0.611 e. The predicted octanol–water partition coefficient (Wildman–Crippen LogP) is 2.95. The van der Waals surface area contributed by atoms with Crippen molar-refractivity contribution in [1.82, 2.24) is 9.97 Å². The summed E-state index contributed by atoms with van der Waals surface area (Å²) >= 11 is -1.01. The zero-order valence-corrected chi connectivity index (χ0v) is 19.1. The summed E-state index contributed by atoms with van der Waals surface area (Å²) in [5.74, 6) is 3.83. The predicted molar refractivity (Wildman–Crippen MR) is 124 cm³/mol. The molecular formula is C24H30N4O3S. The molecule has 8 heteroatoms. The summed E-state index contributed by atoms with van der Waals surface area (Å²) in [6, 6.07) is 8.73. The first kappa shape index (κ1) is 20.6. The lowest BCUT2D eigenvalue weighted by Gasteiger charge is -2.34. The maximum Gasteiger partial charge on any atom is 0.227 e. The van der Waals surface area contributed by atoms with Crippen molar-refractivity contribution in [3.63, 3.8) is 0 Å². The summed E-state index contributed by atoms with van der Waals surface area (Å²) in [5, 5.41) is 3.58. The second kappa shape index (κ2) is 8.72. The summed E-state index contributed by atoms with van der Waals surface area (Å²) in [6.45, 7) is 3.39. The summed E-state index contributed by atoms with van der Waals surface area (Å²) in [5.41, 5.74) is 2.29. The molecule has 1 N–H and O–H groups in total. The van der Waals surface area contributed by atoms with Gasteiger partial charge in [-0.2, -0.15) is 4.98 Å². The van der Waals surface area contributed by atoms with E-state index in [1.807, 2.05) is 6.07 Å². The molecule has 2 unspecified atom stereocenters. The standard InChI is InChI=1S/C24H30N4O3S/c29-32-14-9-19-22(32)23(25-18-7-12-30-13-8-18)27-24(26-19)28-10-5-16(6-11-28)21-15-17-3-1-2-4-20(17)31-21/h1-4,16,18,21H,5-15H2,(H,25,26,27).